The number of imide groups is 1. The van der Waals surface area contributed by atoms with Crippen LogP contribution in [0.5, 0.6) is 0 Å². The molecule has 1 aliphatic rings. The van der Waals surface area contributed by atoms with Crippen LogP contribution in [-0.2, 0) is 16.9 Å². The van der Waals surface area contributed by atoms with Gasteiger partial charge in [0.2, 0.25) is 0 Å². The van der Waals surface area contributed by atoms with Crippen molar-refractivity contribution in [1.29, 1.82) is 0 Å². The van der Waals surface area contributed by atoms with Gasteiger partial charge in [0.15, 0.2) is 0 Å². The lowest BCUT2D eigenvalue weighted by atomic mass is 9.92. The van der Waals surface area contributed by atoms with E-state index in [0.717, 1.165) is 25.3 Å². The fourth-order valence-corrected chi connectivity index (χ4v) is 4.31. The van der Waals surface area contributed by atoms with Gasteiger partial charge in [0.25, 0.3) is 5.91 Å². The summed E-state index contributed by atoms with van der Waals surface area (Å²) in [6.07, 6.45) is 0. The lowest BCUT2D eigenvalue weighted by Crippen LogP contribution is -2.40. The molecule has 126 valence electrons. The Morgan fingerprint density at radius 1 is 1.20 bits per heavy atom. The summed E-state index contributed by atoms with van der Waals surface area (Å²) in [5.41, 5.74) is 0.550. The van der Waals surface area contributed by atoms with E-state index in [2.05, 4.69) is 26.2 Å². The number of para-hydroxylation sites is 1. The normalized spacial score (nSPS) is 20.3. The van der Waals surface area contributed by atoms with Crippen LogP contribution in [0.3, 0.4) is 0 Å². The van der Waals surface area contributed by atoms with E-state index in [4.69, 9.17) is 0 Å². The summed E-state index contributed by atoms with van der Waals surface area (Å²) in [4.78, 5) is 31.2. The Labute approximate surface area is 156 Å². The van der Waals surface area contributed by atoms with Crippen LogP contribution in [0.15, 0.2) is 53.0 Å². The van der Waals surface area contributed by atoms with Crippen molar-refractivity contribution < 1.29 is 9.59 Å². The van der Waals surface area contributed by atoms with E-state index < -0.39 is 11.6 Å². The maximum Gasteiger partial charge on any atom is 0.325 e. The summed E-state index contributed by atoms with van der Waals surface area (Å²) < 4.78 is 1.90. The molecule has 0 unspecified atom stereocenters. The number of urea groups is 1. The van der Waals surface area contributed by atoms with Crippen LogP contribution in [0, 0.1) is 0 Å². The average molecular weight is 416 g/mol. The van der Waals surface area contributed by atoms with Crippen LogP contribution >= 0.6 is 27.3 Å². The van der Waals surface area contributed by atoms with Gasteiger partial charge in [-0.25, -0.2) is 9.78 Å². The van der Waals surface area contributed by atoms with Gasteiger partial charge in [0, 0.05) is 4.47 Å². The summed E-state index contributed by atoms with van der Waals surface area (Å²) in [6, 6.07) is 14.8. The van der Waals surface area contributed by atoms with Crippen LogP contribution < -0.4 is 5.32 Å². The van der Waals surface area contributed by atoms with Crippen LogP contribution in [0.2, 0.25) is 0 Å². The maximum atomic E-state index is 13.0. The molecule has 2 heterocycles. The highest BCUT2D eigenvalue weighted by Crippen LogP contribution is 2.32. The zero-order valence-electron chi connectivity index (χ0n) is 13.3. The Morgan fingerprint density at radius 3 is 2.76 bits per heavy atom. The second kappa shape index (κ2) is 5.93. The van der Waals surface area contributed by atoms with Crippen LogP contribution in [-0.4, -0.2) is 21.8 Å². The van der Waals surface area contributed by atoms with Crippen molar-refractivity contribution in [2.45, 2.75) is 19.0 Å². The highest BCUT2D eigenvalue weighted by atomic mass is 79.9. The average Bonchev–Trinajstić information content (AvgIpc) is 3.09. The van der Waals surface area contributed by atoms with E-state index in [1.165, 1.54) is 16.2 Å². The summed E-state index contributed by atoms with van der Waals surface area (Å²) in [5, 5.41) is 3.56. The van der Waals surface area contributed by atoms with Crippen LogP contribution in [0.1, 0.15) is 17.5 Å². The molecule has 1 saturated heterocycles. The molecule has 25 heavy (non-hydrogen) atoms. The topological polar surface area (TPSA) is 62.3 Å². The third kappa shape index (κ3) is 2.73. The first-order valence-corrected chi connectivity index (χ1v) is 9.33. The number of nitrogens with one attached hydrogen (secondary N) is 1. The van der Waals surface area contributed by atoms with Gasteiger partial charge in [-0.05, 0) is 36.8 Å². The molecule has 1 N–H and O–H groups in total. The molecule has 0 aliphatic carbocycles. The molecule has 2 aromatic carbocycles. The number of halogens is 1. The first-order valence-electron chi connectivity index (χ1n) is 7.72. The largest absolute Gasteiger partial charge is 0.325 e. The second-order valence-electron chi connectivity index (χ2n) is 6.03. The molecule has 1 fully saturated rings. The van der Waals surface area contributed by atoms with Crippen molar-refractivity contribution >= 4 is 49.4 Å². The number of benzene rings is 2. The number of carbonyl (C=O) groups excluding carboxylic acids is 2. The zero-order chi connectivity index (χ0) is 17.6. The molecule has 0 saturated carbocycles. The van der Waals surface area contributed by atoms with E-state index in [0.29, 0.717) is 0 Å². The molecule has 3 aromatic rings. The van der Waals surface area contributed by atoms with E-state index >= 15 is 0 Å². The smallest absolute Gasteiger partial charge is 0.319 e. The summed E-state index contributed by atoms with van der Waals surface area (Å²) in [7, 11) is 0. The van der Waals surface area contributed by atoms with Crippen molar-refractivity contribution in [3.8, 4) is 0 Å². The molecule has 0 bridgehead atoms. The van der Waals surface area contributed by atoms with E-state index in [1.807, 2.05) is 48.5 Å². The van der Waals surface area contributed by atoms with Gasteiger partial charge < -0.3 is 5.32 Å². The number of aromatic nitrogens is 1. The third-order valence-corrected chi connectivity index (χ3v) is 5.82. The minimum Gasteiger partial charge on any atom is -0.319 e. The number of rotatable bonds is 3. The van der Waals surface area contributed by atoms with Gasteiger partial charge in [-0.2, -0.15) is 0 Å². The minimum atomic E-state index is -1.07. The molecule has 1 atom stereocenters. The summed E-state index contributed by atoms with van der Waals surface area (Å²) in [6.45, 7) is 1.90. The number of fused-ring (bicyclic) bond motifs is 1. The minimum absolute atomic E-state index is 0.174. The predicted octanol–water partition coefficient (Wildman–Crippen LogP) is 4.03. The molecule has 1 aliphatic heterocycles. The molecular formula is C18H14BrN3O2S. The third-order valence-electron chi connectivity index (χ3n) is 4.31. The Bertz CT molecular complexity index is 970. The van der Waals surface area contributed by atoms with Gasteiger partial charge in [-0.15, -0.1) is 11.3 Å². The number of thiazole rings is 1. The van der Waals surface area contributed by atoms with Gasteiger partial charge in [0.1, 0.15) is 10.5 Å². The molecular weight excluding hydrogens is 402 g/mol. The van der Waals surface area contributed by atoms with E-state index in [-0.39, 0.29) is 12.5 Å². The van der Waals surface area contributed by atoms with Gasteiger partial charge in [-0.3, -0.25) is 9.69 Å². The first-order chi connectivity index (χ1) is 12.0. The van der Waals surface area contributed by atoms with Crippen molar-refractivity contribution in [3.63, 3.8) is 0 Å². The number of carbonyl (C=O) groups is 2. The summed E-state index contributed by atoms with van der Waals surface area (Å²) in [5.74, 6) is -0.269. The van der Waals surface area contributed by atoms with Crippen molar-refractivity contribution in [2.24, 2.45) is 0 Å². The number of nitrogens with zero attached hydrogens (tertiary/aromatic N) is 2. The van der Waals surface area contributed by atoms with Crippen molar-refractivity contribution in [3.05, 3.63) is 63.6 Å². The van der Waals surface area contributed by atoms with E-state index in [9.17, 15) is 9.59 Å². The van der Waals surface area contributed by atoms with Crippen molar-refractivity contribution in [1.82, 2.24) is 15.2 Å². The van der Waals surface area contributed by atoms with Crippen molar-refractivity contribution in [2.75, 3.05) is 0 Å². The fourth-order valence-electron chi connectivity index (χ4n) is 2.96. The zero-order valence-corrected chi connectivity index (χ0v) is 15.7. The van der Waals surface area contributed by atoms with Gasteiger partial charge >= 0.3 is 6.03 Å². The monoisotopic (exact) mass is 415 g/mol. The fraction of sp³-hybridized carbons (Fsp3) is 0.167. The Kier molecular flexibility index (Phi) is 3.85. The highest BCUT2D eigenvalue weighted by Gasteiger charge is 2.49. The predicted molar refractivity (Wildman–Crippen MR) is 100 cm³/mol. The standard InChI is InChI=1S/C18H14BrN3O2S/c1-18(11-5-4-6-12(19)9-11)16(23)22(17(24)21-18)10-15-20-13-7-2-3-8-14(13)25-15/h2-9H,10H2,1H3,(H,21,24)/t18-/m0/s1. The highest BCUT2D eigenvalue weighted by molar-refractivity contribution is 9.10. The van der Waals surface area contributed by atoms with Gasteiger partial charge in [0.05, 0.1) is 16.8 Å². The molecule has 0 spiro atoms. The molecule has 5 nitrogen and oxygen atoms in total. The quantitative estimate of drug-likeness (QED) is 0.656. The first kappa shape index (κ1) is 16.2. The number of hydrogen-bond donors (Lipinski definition) is 1. The molecule has 1 aromatic heterocycles. The Morgan fingerprint density at radius 2 is 2.00 bits per heavy atom. The molecule has 3 amide bonds. The SMILES string of the molecule is C[C@@]1(c2cccc(Br)c2)NC(=O)N(Cc2nc3ccccc3s2)C1=O. The van der Waals surface area contributed by atoms with Gasteiger partial charge in [-0.1, -0.05) is 40.2 Å². The molecule has 4 rings (SSSR count). The van der Waals surface area contributed by atoms with E-state index in [1.54, 1.807) is 6.92 Å². The number of amides is 3. The lowest BCUT2D eigenvalue weighted by Gasteiger charge is -2.22. The number of hydrogen-bond acceptors (Lipinski definition) is 4. The Balaban J connectivity index is 1.65. The Hall–Kier alpha value is -2.25. The summed E-state index contributed by atoms with van der Waals surface area (Å²) >= 11 is 4.91. The van der Waals surface area contributed by atoms with Crippen LogP contribution in [0.4, 0.5) is 4.79 Å². The van der Waals surface area contributed by atoms with Crippen LogP contribution in [0.25, 0.3) is 10.2 Å². The maximum absolute atomic E-state index is 13.0. The molecule has 0 radical (unpaired) electrons. The molecule has 7 heteroatoms. The lowest BCUT2D eigenvalue weighted by molar-refractivity contribution is -0.131. The second-order valence-corrected chi connectivity index (χ2v) is 8.06.